The van der Waals surface area contributed by atoms with Gasteiger partial charge in [0.2, 0.25) is 11.8 Å². The fourth-order valence-electron chi connectivity index (χ4n) is 2.22. The molecule has 1 aromatic carbocycles. The number of carbonyl (C=O) groups is 2. The maximum atomic E-state index is 11.9. The van der Waals surface area contributed by atoms with Gasteiger partial charge in [0.15, 0.2) is 0 Å². The molecule has 0 spiro atoms. The van der Waals surface area contributed by atoms with Crippen LogP contribution in [0.3, 0.4) is 0 Å². The topological polar surface area (TPSA) is 74.0 Å². The van der Waals surface area contributed by atoms with Gasteiger partial charge >= 0.3 is 0 Å². The summed E-state index contributed by atoms with van der Waals surface area (Å²) in [7, 11) is 0. The Labute approximate surface area is 127 Å². The van der Waals surface area contributed by atoms with Crippen LogP contribution in [0.25, 0.3) is 10.9 Å². The SMILES string of the molecule is O=C(Cc1c[nH]c2ccc(Cl)cc12)NCC(=O)NC1CC1. The normalized spacial score (nSPS) is 14.1. The Kier molecular flexibility index (Phi) is 3.84. The van der Waals surface area contributed by atoms with E-state index in [1.54, 1.807) is 12.3 Å². The number of carbonyl (C=O) groups excluding carboxylic acids is 2. The zero-order valence-corrected chi connectivity index (χ0v) is 12.2. The van der Waals surface area contributed by atoms with Crippen LogP contribution in [0.2, 0.25) is 5.02 Å². The van der Waals surface area contributed by atoms with Crippen molar-refractivity contribution in [3.63, 3.8) is 0 Å². The molecule has 5 nitrogen and oxygen atoms in total. The molecule has 1 aromatic heterocycles. The standard InChI is InChI=1S/C15H16ClN3O2/c16-10-1-4-13-12(6-10)9(7-17-13)5-14(20)18-8-15(21)19-11-2-3-11/h1,4,6-7,11,17H,2-3,5,8H2,(H,18,20)(H,19,21). The van der Waals surface area contributed by atoms with Gasteiger partial charge in [0.05, 0.1) is 13.0 Å². The first kappa shape index (κ1) is 13.9. The van der Waals surface area contributed by atoms with Crippen molar-refractivity contribution in [3.8, 4) is 0 Å². The second kappa shape index (κ2) is 5.77. The highest BCUT2D eigenvalue weighted by Crippen LogP contribution is 2.22. The molecule has 0 aliphatic heterocycles. The van der Waals surface area contributed by atoms with Gasteiger partial charge in [0.25, 0.3) is 0 Å². The van der Waals surface area contributed by atoms with Gasteiger partial charge in [-0.3, -0.25) is 9.59 Å². The number of aromatic nitrogens is 1. The average molecular weight is 306 g/mol. The predicted octanol–water partition coefficient (Wildman–Crippen LogP) is 1.76. The number of hydrogen-bond donors (Lipinski definition) is 3. The number of benzene rings is 1. The lowest BCUT2D eigenvalue weighted by Crippen LogP contribution is -2.38. The molecule has 1 aliphatic rings. The third-order valence-corrected chi connectivity index (χ3v) is 3.70. The molecule has 6 heteroatoms. The second-order valence-corrected chi connectivity index (χ2v) is 5.74. The Hall–Kier alpha value is -2.01. The highest BCUT2D eigenvalue weighted by molar-refractivity contribution is 6.31. The van der Waals surface area contributed by atoms with Crippen LogP contribution in [0.15, 0.2) is 24.4 Å². The Balaban J connectivity index is 1.58. The van der Waals surface area contributed by atoms with E-state index in [1.165, 1.54) is 0 Å². The molecule has 21 heavy (non-hydrogen) atoms. The van der Waals surface area contributed by atoms with Crippen LogP contribution < -0.4 is 10.6 Å². The van der Waals surface area contributed by atoms with Gasteiger partial charge in [-0.2, -0.15) is 0 Å². The van der Waals surface area contributed by atoms with E-state index in [0.717, 1.165) is 29.3 Å². The van der Waals surface area contributed by atoms with E-state index in [2.05, 4.69) is 15.6 Å². The molecule has 0 atom stereocenters. The maximum absolute atomic E-state index is 11.9. The van der Waals surface area contributed by atoms with Crippen molar-refractivity contribution >= 4 is 34.3 Å². The Bertz CT molecular complexity index is 691. The summed E-state index contributed by atoms with van der Waals surface area (Å²) in [4.78, 5) is 26.5. The largest absolute Gasteiger partial charge is 0.361 e. The van der Waals surface area contributed by atoms with E-state index < -0.39 is 0 Å². The number of aromatic amines is 1. The first-order valence-electron chi connectivity index (χ1n) is 6.93. The fourth-order valence-corrected chi connectivity index (χ4v) is 2.39. The Morgan fingerprint density at radius 1 is 1.29 bits per heavy atom. The van der Waals surface area contributed by atoms with Crippen molar-refractivity contribution in [3.05, 3.63) is 35.0 Å². The van der Waals surface area contributed by atoms with Gasteiger partial charge < -0.3 is 15.6 Å². The Morgan fingerprint density at radius 3 is 2.86 bits per heavy atom. The van der Waals surface area contributed by atoms with Gasteiger partial charge in [0.1, 0.15) is 0 Å². The first-order valence-corrected chi connectivity index (χ1v) is 7.31. The third kappa shape index (κ3) is 3.55. The smallest absolute Gasteiger partial charge is 0.239 e. The number of rotatable bonds is 5. The molecule has 0 radical (unpaired) electrons. The highest BCUT2D eigenvalue weighted by atomic mass is 35.5. The number of halogens is 1. The summed E-state index contributed by atoms with van der Waals surface area (Å²) >= 11 is 5.97. The molecular weight excluding hydrogens is 290 g/mol. The van der Waals surface area contributed by atoms with E-state index in [-0.39, 0.29) is 24.8 Å². The predicted molar refractivity (Wildman–Crippen MR) is 81.2 cm³/mol. The summed E-state index contributed by atoms with van der Waals surface area (Å²) in [6.07, 6.45) is 4.09. The molecule has 1 fully saturated rings. The Morgan fingerprint density at radius 2 is 2.10 bits per heavy atom. The van der Waals surface area contributed by atoms with Gasteiger partial charge in [-0.05, 0) is 36.6 Å². The molecule has 3 N–H and O–H groups in total. The number of nitrogens with one attached hydrogen (secondary N) is 3. The van der Waals surface area contributed by atoms with Gasteiger partial charge in [-0.15, -0.1) is 0 Å². The first-order chi connectivity index (χ1) is 10.1. The quantitative estimate of drug-likeness (QED) is 0.787. The maximum Gasteiger partial charge on any atom is 0.239 e. The fraction of sp³-hybridized carbons (Fsp3) is 0.333. The third-order valence-electron chi connectivity index (χ3n) is 3.47. The molecule has 3 rings (SSSR count). The van der Waals surface area contributed by atoms with E-state index >= 15 is 0 Å². The molecule has 2 aromatic rings. The molecule has 0 unspecified atom stereocenters. The van der Waals surface area contributed by atoms with Crippen molar-refractivity contribution in [1.29, 1.82) is 0 Å². The number of fused-ring (bicyclic) bond motifs is 1. The summed E-state index contributed by atoms with van der Waals surface area (Å²) < 4.78 is 0. The monoisotopic (exact) mass is 305 g/mol. The second-order valence-electron chi connectivity index (χ2n) is 5.30. The van der Waals surface area contributed by atoms with E-state index in [1.807, 2.05) is 12.1 Å². The summed E-state index contributed by atoms with van der Waals surface area (Å²) in [6.45, 7) is 0.0262. The van der Waals surface area contributed by atoms with Crippen molar-refractivity contribution in [2.75, 3.05) is 6.54 Å². The minimum absolute atomic E-state index is 0.0262. The van der Waals surface area contributed by atoms with Crippen LogP contribution in [-0.2, 0) is 16.0 Å². The zero-order chi connectivity index (χ0) is 14.8. The minimum atomic E-state index is -0.179. The zero-order valence-electron chi connectivity index (χ0n) is 11.4. The number of amides is 2. The molecule has 1 heterocycles. The molecule has 0 bridgehead atoms. The lowest BCUT2D eigenvalue weighted by Gasteiger charge is -2.05. The van der Waals surface area contributed by atoms with E-state index in [0.29, 0.717) is 11.1 Å². The van der Waals surface area contributed by atoms with Crippen LogP contribution >= 0.6 is 11.6 Å². The van der Waals surface area contributed by atoms with Crippen molar-refractivity contribution in [2.45, 2.75) is 25.3 Å². The molecular formula is C15H16ClN3O2. The van der Waals surface area contributed by atoms with Crippen LogP contribution in [0.1, 0.15) is 18.4 Å². The van der Waals surface area contributed by atoms with E-state index in [4.69, 9.17) is 11.6 Å². The van der Waals surface area contributed by atoms with Crippen LogP contribution in [0.5, 0.6) is 0 Å². The lowest BCUT2D eigenvalue weighted by molar-refractivity contribution is -0.125. The highest BCUT2D eigenvalue weighted by Gasteiger charge is 2.23. The van der Waals surface area contributed by atoms with Gasteiger partial charge in [0, 0.05) is 28.2 Å². The number of hydrogen-bond acceptors (Lipinski definition) is 2. The molecule has 1 saturated carbocycles. The van der Waals surface area contributed by atoms with Crippen molar-refractivity contribution in [2.24, 2.45) is 0 Å². The summed E-state index contributed by atoms with van der Waals surface area (Å²) in [5.41, 5.74) is 1.81. The van der Waals surface area contributed by atoms with Crippen molar-refractivity contribution < 1.29 is 9.59 Å². The van der Waals surface area contributed by atoms with Crippen LogP contribution in [0.4, 0.5) is 0 Å². The molecule has 1 aliphatic carbocycles. The number of H-pyrrole nitrogens is 1. The summed E-state index contributed by atoms with van der Waals surface area (Å²) in [5, 5.41) is 7.03. The summed E-state index contributed by atoms with van der Waals surface area (Å²) in [5.74, 6) is -0.311. The molecule has 2 amide bonds. The van der Waals surface area contributed by atoms with Crippen LogP contribution in [0, 0.1) is 0 Å². The van der Waals surface area contributed by atoms with Gasteiger partial charge in [-0.1, -0.05) is 11.6 Å². The minimum Gasteiger partial charge on any atom is -0.361 e. The van der Waals surface area contributed by atoms with Gasteiger partial charge in [-0.25, -0.2) is 0 Å². The lowest BCUT2D eigenvalue weighted by atomic mass is 10.1. The molecule has 110 valence electrons. The summed E-state index contributed by atoms with van der Waals surface area (Å²) in [6, 6.07) is 5.81. The molecule has 0 saturated heterocycles. The van der Waals surface area contributed by atoms with Crippen molar-refractivity contribution in [1.82, 2.24) is 15.6 Å². The van der Waals surface area contributed by atoms with E-state index in [9.17, 15) is 9.59 Å². The van der Waals surface area contributed by atoms with Crippen LogP contribution in [-0.4, -0.2) is 29.4 Å². The average Bonchev–Trinajstić information content (AvgIpc) is 3.18.